The highest BCUT2D eigenvalue weighted by Gasteiger charge is 2.09. The van der Waals surface area contributed by atoms with Crippen molar-refractivity contribution in [2.24, 2.45) is 0 Å². The molecule has 1 aromatic heterocycles. The van der Waals surface area contributed by atoms with E-state index in [1.165, 1.54) is 6.20 Å². The third-order valence-electron chi connectivity index (χ3n) is 2.46. The van der Waals surface area contributed by atoms with Gasteiger partial charge in [-0.25, -0.2) is 9.78 Å². The van der Waals surface area contributed by atoms with E-state index in [9.17, 15) is 4.79 Å². The Balaban J connectivity index is 2.74. The highest BCUT2D eigenvalue weighted by molar-refractivity contribution is 5.89. The molecule has 96 valence electrons. The molecule has 0 unspecified atom stereocenters. The van der Waals surface area contributed by atoms with Gasteiger partial charge in [-0.15, -0.1) is 0 Å². The monoisotopic (exact) mass is 247 g/mol. The molecule has 0 spiro atoms. The van der Waals surface area contributed by atoms with Crippen molar-refractivity contribution in [1.82, 2.24) is 4.98 Å². The number of anilines is 1. The zero-order chi connectivity index (χ0) is 13.4. The number of aromatic nitrogens is 1. The number of esters is 1. The van der Waals surface area contributed by atoms with Crippen molar-refractivity contribution in [3.8, 4) is 6.07 Å². The van der Waals surface area contributed by atoms with Crippen molar-refractivity contribution in [3.05, 3.63) is 23.9 Å². The maximum atomic E-state index is 11.4. The van der Waals surface area contributed by atoms with Crippen molar-refractivity contribution in [3.63, 3.8) is 0 Å². The zero-order valence-electron chi connectivity index (χ0n) is 10.7. The van der Waals surface area contributed by atoms with E-state index in [1.807, 2.05) is 11.8 Å². The van der Waals surface area contributed by atoms with Crippen LogP contribution in [0.4, 0.5) is 5.82 Å². The van der Waals surface area contributed by atoms with Gasteiger partial charge < -0.3 is 9.64 Å². The SMILES string of the molecule is CCOC(=O)c1ccc(N(CC)CCC#N)nc1. The zero-order valence-corrected chi connectivity index (χ0v) is 10.7. The molecule has 1 aromatic rings. The van der Waals surface area contributed by atoms with E-state index >= 15 is 0 Å². The van der Waals surface area contributed by atoms with Crippen LogP contribution in [0.3, 0.4) is 0 Å². The molecular formula is C13H17N3O2. The second-order valence-electron chi connectivity index (χ2n) is 3.61. The first-order chi connectivity index (χ1) is 8.72. The summed E-state index contributed by atoms with van der Waals surface area (Å²) in [5.74, 6) is 0.400. The van der Waals surface area contributed by atoms with E-state index in [2.05, 4.69) is 11.1 Å². The summed E-state index contributed by atoms with van der Waals surface area (Å²) in [5.41, 5.74) is 0.442. The number of ether oxygens (including phenoxy) is 1. The van der Waals surface area contributed by atoms with Crippen LogP contribution in [0.25, 0.3) is 0 Å². The first kappa shape index (κ1) is 14.0. The lowest BCUT2D eigenvalue weighted by atomic mass is 10.2. The molecule has 0 saturated carbocycles. The molecule has 0 N–H and O–H groups in total. The van der Waals surface area contributed by atoms with Crippen LogP contribution in [0.2, 0.25) is 0 Å². The minimum atomic E-state index is -0.364. The van der Waals surface area contributed by atoms with Gasteiger partial charge in [-0.1, -0.05) is 0 Å². The standard InChI is InChI=1S/C13H17N3O2/c1-3-16(9-5-8-14)12-7-6-11(10-15-12)13(17)18-4-2/h6-7,10H,3-5,9H2,1-2H3. The molecule has 0 atom stereocenters. The van der Waals surface area contributed by atoms with Gasteiger partial charge in [-0.2, -0.15) is 5.26 Å². The van der Waals surface area contributed by atoms with Crippen molar-refractivity contribution in [2.45, 2.75) is 20.3 Å². The van der Waals surface area contributed by atoms with Crippen LogP contribution in [-0.2, 0) is 4.74 Å². The molecule has 0 aliphatic carbocycles. The van der Waals surface area contributed by atoms with Gasteiger partial charge in [0, 0.05) is 19.3 Å². The van der Waals surface area contributed by atoms with Crippen molar-refractivity contribution < 1.29 is 9.53 Å². The van der Waals surface area contributed by atoms with Gasteiger partial charge in [-0.3, -0.25) is 0 Å². The van der Waals surface area contributed by atoms with E-state index in [4.69, 9.17) is 10.00 Å². The van der Waals surface area contributed by atoms with E-state index in [-0.39, 0.29) is 5.97 Å². The Labute approximate surface area is 107 Å². The van der Waals surface area contributed by atoms with E-state index in [0.29, 0.717) is 25.1 Å². The lowest BCUT2D eigenvalue weighted by Gasteiger charge is -2.20. The summed E-state index contributed by atoms with van der Waals surface area (Å²) in [4.78, 5) is 17.7. The van der Waals surface area contributed by atoms with Crippen LogP contribution in [0, 0.1) is 11.3 Å². The fourth-order valence-electron chi connectivity index (χ4n) is 1.53. The summed E-state index contributed by atoms with van der Waals surface area (Å²) in [6.07, 6.45) is 1.96. The van der Waals surface area contributed by atoms with E-state index < -0.39 is 0 Å². The summed E-state index contributed by atoms with van der Waals surface area (Å²) in [6, 6.07) is 5.57. The third-order valence-corrected chi connectivity index (χ3v) is 2.46. The number of carbonyl (C=O) groups is 1. The Kier molecular flexibility index (Phi) is 5.65. The molecule has 1 heterocycles. The molecule has 0 saturated heterocycles. The highest BCUT2D eigenvalue weighted by Crippen LogP contribution is 2.12. The molecule has 0 aromatic carbocycles. The van der Waals surface area contributed by atoms with Crippen LogP contribution >= 0.6 is 0 Å². The molecule has 0 radical (unpaired) electrons. The van der Waals surface area contributed by atoms with Gasteiger partial charge in [0.05, 0.1) is 24.7 Å². The lowest BCUT2D eigenvalue weighted by molar-refractivity contribution is 0.0526. The number of nitrogens with zero attached hydrogens (tertiary/aromatic N) is 3. The molecule has 5 nitrogen and oxygen atoms in total. The Hall–Kier alpha value is -2.09. The Morgan fingerprint density at radius 2 is 2.28 bits per heavy atom. The smallest absolute Gasteiger partial charge is 0.339 e. The average Bonchev–Trinajstić information content (AvgIpc) is 2.40. The minimum Gasteiger partial charge on any atom is -0.462 e. The van der Waals surface area contributed by atoms with Crippen LogP contribution in [-0.4, -0.2) is 30.6 Å². The molecule has 0 amide bonds. The Morgan fingerprint density at radius 3 is 2.78 bits per heavy atom. The largest absolute Gasteiger partial charge is 0.462 e. The summed E-state index contributed by atoms with van der Waals surface area (Å²) in [7, 11) is 0. The molecule has 18 heavy (non-hydrogen) atoms. The van der Waals surface area contributed by atoms with E-state index in [0.717, 1.165) is 12.4 Å². The van der Waals surface area contributed by atoms with Crippen LogP contribution in [0.1, 0.15) is 30.6 Å². The quantitative estimate of drug-likeness (QED) is 0.719. The molecule has 0 aliphatic heterocycles. The summed E-state index contributed by atoms with van der Waals surface area (Å²) in [6.45, 7) is 5.52. The van der Waals surface area contributed by atoms with Gasteiger partial charge in [0.1, 0.15) is 5.82 Å². The molecule has 0 fully saturated rings. The first-order valence-electron chi connectivity index (χ1n) is 5.98. The first-order valence-corrected chi connectivity index (χ1v) is 5.98. The lowest BCUT2D eigenvalue weighted by Crippen LogP contribution is -2.24. The number of carbonyl (C=O) groups excluding carboxylic acids is 1. The van der Waals surface area contributed by atoms with Crippen molar-refractivity contribution >= 4 is 11.8 Å². The summed E-state index contributed by atoms with van der Waals surface area (Å²) >= 11 is 0. The minimum absolute atomic E-state index is 0.351. The fourth-order valence-corrected chi connectivity index (χ4v) is 1.53. The Morgan fingerprint density at radius 1 is 1.50 bits per heavy atom. The van der Waals surface area contributed by atoms with Gasteiger partial charge in [0.2, 0.25) is 0 Å². The number of nitriles is 1. The second kappa shape index (κ2) is 7.28. The average molecular weight is 247 g/mol. The number of hydrogen-bond donors (Lipinski definition) is 0. The molecule has 0 aliphatic rings. The van der Waals surface area contributed by atoms with Crippen LogP contribution in [0.15, 0.2) is 18.3 Å². The van der Waals surface area contributed by atoms with Crippen molar-refractivity contribution in [1.29, 1.82) is 5.26 Å². The normalized spacial score (nSPS) is 9.61. The third kappa shape index (κ3) is 3.74. The number of rotatable bonds is 6. The molecular weight excluding hydrogens is 230 g/mol. The van der Waals surface area contributed by atoms with Crippen LogP contribution in [0.5, 0.6) is 0 Å². The van der Waals surface area contributed by atoms with Gasteiger partial charge >= 0.3 is 5.97 Å². The number of hydrogen-bond acceptors (Lipinski definition) is 5. The predicted molar refractivity (Wildman–Crippen MR) is 68.3 cm³/mol. The van der Waals surface area contributed by atoms with Gasteiger partial charge in [0.15, 0.2) is 0 Å². The molecule has 0 bridgehead atoms. The molecule has 1 rings (SSSR count). The summed E-state index contributed by atoms with van der Waals surface area (Å²) in [5, 5.41) is 8.58. The van der Waals surface area contributed by atoms with Gasteiger partial charge in [0.25, 0.3) is 0 Å². The highest BCUT2D eigenvalue weighted by atomic mass is 16.5. The predicted octanol–water partition coefficient (Wildman–Crippen LogP) is 2.00. The summed E-state index contributed by atoms with van der Waals surface area (Å²) < 4.78 is 4.88. The van der Waals surface area contributed by atoms with Crippen molar-refractivity contribution in [2.75, 3.05) is 24.6 Å². The van der Waals surface area contributed by atoms with Gasteiger partial charge in [-0.05, 0) is 26.0 Å². The fraction of sp³-hybridized carbons (Fsp3) is 0.462. The van der Waals surface area contributed by atoms with E-state index in [1.54, 1.807) is 19.1 Å². The molecule has 5 heteroatoms. The number of pyridine rings is 1. The maximum absolute atomic E-state index is 11.4. The van der Waals surface area contributed by atoms with Crippen LogP contribution < -0.4 is 4.90 Å². The topological polar surface area (TPSA) is 66.2 Å². The Bertz CT molecular complexity index is 423. The maximum Gasteiger partial charge on any atom is 0.339 e. The second-order valence-corrected chi connectivity index (χ2v) is 3.61.